The van der Waals surface area contributed by atoms with Crippen LogP contribution in [0.3, 0.4) is 0 Å². The third-order valence-corrected chi connectivity index (χ3v) is 3.53. The summed E-state index contributed by atoms with van der Waals surface area (Å²) in [5.41, 5.74) is 0.943. The van der Waals surface area contributed by atoms with Gasteiger partial charge in [-0.1, -0.05) is 49.4 Å². The zero-order chi connectivity index (χ0) is 15.1. The zero-order valence-electron chi connectivity index (χ0n) is 12.2. The van der Waals surface area contributed by atoms with Crippen molar-refractivity contribution in [1.29, 1.82) is 0 Å². The fraction of sp³-hybridized carbons (Fsp3) is 0.412. The lowest BCUT2D eigenvalue weighted by atomic mass is 10.1. The lowest BCUT2D eigenvalue weighted by Gasteiger charge is -2.20. The van der Waals surface area contributed by atoms with Crippen molar-refractivity contribution in [2.45, 2.75) is 32.2 Å². The number of ether oxygens (including phenoxy) is 1. The SMILES string of the molecule is C[C@@H]1C/C=C\CCC(=O)N[C@@H](c2ccccc2)COC1=O. The number of hydrogen-bond acceptors (Lipinski definition) is 3. The molecular formula is C17H21NO3. The molecule has 0 saturated carbocycles. The fourth-order valence-electron chi connectivity index (χ4n) is 2.21. The summed E-state index contributed by atoms with van der Waals surface area (Å²) in [7, 11) is 0. The Labute approximate surface area is 125 Å². The third kappa shape index (κ3) is 4.74. The van der Waals surface area contributed by atoms with E-state index in [1.54, 1.807) is 0 Å². The van der Waals surface area contributed by atoms with Crippen molar-refractivity contribution in [3.8, 4) is 0 Å². The summed E-state index contributed by atoms with van der Waals surface area (Å²) in [6.07, 6.45) is 5.67. The van der Waals surface area contributed by atoms with Gasteiger partial charge in [0.15, 0.2) is 0 Å². The second-order valence-corrected chi connectivity index (χ2v) is 5.31. The summed E-state index contributed by atoms with van der Waals surface area (Å²) in [6.45, 7) is 2.02. The number of esters is 1. The predicted molar refractivity (Wildman–Crippen MR) is 80.4 cm³/mol. The van der Waals surface area contributed by atoms with Crippen molar-refractivity contribution in [1.82, 2.24) is 5.32 Å². The lowest BCUT2D eigenvalue weighted by Crippen LogP contribution is -2.32. The molecule has 1 aromatic rings. The van der Waals surface area contributed by atoms with Crippen molar-refractivity contribution in [3.05, 3.63) is 48.0 Å². The highest BCUT2D eigenvalue weighted by atomic mass is 16.5. The minimum Gasteiger partial charge on any atom is -0.463 e. The Bertz CT molecular complexity index is 510. The number of carbonyl (C=O) groups is 2. The van der Waals surface area contributed by atoms with Gasteiger partial charge in [0.1, 0.15) is 6.61 Å². The highest BCUT2D eigenvalue weighted by Crippen LogP contribution is 2.16. The number of nitrogens with one attached hydrogen (secondary N) is 1. The highest BCUT2D eigenvalue weighted by Gasteiger charge is 2.19. The molecule has 4 heteroatoms. The monoisotopic (exact) mass is 287 g/mol. The van der Waals surface area contributed by atoms with Crippen molar-refractivity contribution >= 4 is 11.9 Å². The Morgan fingerprint density at radius 1 is 1.14 bits per heavy atom. The van der Waals surface area contributed by atoms with Gasteiger partial charge in [-0.2, -0.15) is 0 Å². The van der Waals surface area contributed by atoms with Crippen LogP contribution in [0.5, 0.6) is 0 Å². The van der Waals surface area contributed by atoms with Crippen molar-refractivity contribution < 1.29 is 14.3 Å². The number of hydrogen-bond donors (Lipinski definition) is 1. The number of cyclic esters (lactones) is 1. The number of rotatable bonds is 1. The van der Waals surface area contributed by atoms with E-state index in [0.29, 0.717) is 19.3 Å². The van der Waals surface area contributed by atoms with Crippen LogP contribution in [-0.4, -0.2) is 18.5 Å². The van der Waals surface area contributed by atoms with E-state index >= 15 is 0 Å². The average molecular weight is 287 g/mol. The molecule has 0 saturated heterocycles. The van der Waals surface area contributed by atoms with Crippen LogP contribution in [0.2, 0.25) is 0 Å². The highest BCUT2D eigenvalue weighted by molar-refractivity contribution is 5.77. The summed E-state index contributed by atoms with van der Waals surface area (Å²) in [6, 6.07) is 9.29. The van der Waals surface area contributed by atoms with E-state index in [-0.39, 0.29) is 30.4 Å². The number of amides is 1. The van der Waals surface area contributed by atoms with E-state index in [0.717, 1.165) is 5.56 Å². The van der Waals surface area contributed by atoms with E-state index < -0.39 is 0 Å². The molecule has 1 N–H and O–H groups in total. The van der Waals surface area contributed by atoms with E-state index in [1.807, 2.05) is 49.4 Å². The number of carbonyl (C=O) groups excluding carboxylic acids is 2. The Balaban J connectivity index is 2.13. The first kappa shape index (κ1) is 15.3. The van der Waals surface area contributed by atoms with Crippen LogP contribution in [0, 0.1) is 5.92 Å². The van der Waals surface area contributed by atoms with Crippen LogP contribution < -0.4 is 5.32 Å². The molecule has 0 spiro atoms. The van der Waals surface area contributed by atoms with E-state index in [2.05, 4.69) is 5.32 Å². The first-order valence-corrected chi connectivity index (χ1v) is 7.32. The molecule has 0 bridgehead atoms. The Morgan fingerprint density at radius 3 is 2.67 bits per heavy atom. The van der Waals surface area contributed by atoms with Gasteiger partial charge in [-0.3, -0.25) is 9.59 Å². The average Bonchev–Trinajstić information content (AvgIpc) is 2.50. The Morgan fingerprint density at radius 2 is 1.90 bits per heavy atom. The second kappa shape index (κ2) is 7.62. The molecule has 0 aliphatic carbocycles. The van der Waals surface area contributed by atoms with Gasteiger partial charge in [-0.15, -0.1) is 0 Å². The van der Waals surface area contributed by atoms with Crippen molar-refractivity contribution in [3.63, 3.8) is 0 Å². The summed E-state index contributed by atoms with van der Waals surface area (Å²) < 4.78 is 5.35. The van der Waals surface area contributed by atoms with Crippen LogP contribution in [0.25, 0.3) is 0 Å². The molecule has 4 nitrogen and oxygen atoms in total. The first-order chi connectivity index (χ1) is 10.2. The molecule has 0 fully saturated rings. The molecule has 21 heavy (non-hydrogen) atoms. The second-order valence-electron chi connectivity index (χ2n) is 5.31. The number of benzene rings is 1. The molecule has 0 unspecified atom stereocenters. The molecule has 0 radical (unpaired) electrons. The zero-order valence-corrected chi connectivity index (χ0v) is 12.2. The third-order valence-electron chi connectivity index (χ3n) is 3.53. The van der Waals surface area contributed by atoms with Gasteiger partial charge in [0, 0.05) is 6.42 Å². The maximum Gasteiger partial charge on any atom is 0.309 e. The minimum atomic E-state index is -0.293. The molecule has 112 valence electrons. The fourth-order valence-corrected chi connectivity index (χ4v) is 2.21. The van der Waals surface area contributed by atoms with Gasteiger partial charge in [0.05, 0.1) is 12.0 Å². The van der Waals surface area contributed by atoms with E-state index in [9.17, 15) is 9.59 Å². The normalized spacial score (nSPS) is 26.0. The van der Waals surface area contributed by atoms with Gasteiger partial charge in [0.25, 0.3) is 0 Å². The van der Waals surface area contributed by atoms with Crippen LogP contribution in [0.15, 0.2) is 42.5 Å². The Kier molecular flexibility index (Phi) is 5.55. The van der Waals surface area contributed by atoms with E-state index in [1.165, 1.54) is 0 Å². The number of allylic oxidation sites excluding steroid dienone is 2. The van der Waals surface area contributed by atoms with E-state index in [4.69, 9.17) is 4.74 Å². The summed E-state index contributed by atoms with van der Waals surface area (Å²) in [4.78, 5) is 23.9. The van der Waals surface area contributed by atoms with Crippen molar-refractivity contribution in [2.75, 3.05) is 6.61 Å². The predicted octanol–water partition coefficient (Wildman–Crippen LogP) is 2.76. The largest absolute Gasteiger partial charge is 0.463 e. The van der Waals surface area contributed by atoms with Gasteiger partial charge >= 0.3 is 5.97 Å². The Hall–Kier alpha value is -2.10. The van der Waals surface area contributed by atoms with Crippen LogP contribution in [-0.2, 0) is 14.3 Å². The minimum absolute atomic E-state index is 0.0295. The molecule has 1 heterocycles. The molecular weight excluding hydrogens is 266 g/mol. The topological polar surface area (TPSA) is 55.4 Å². The molecule has 0 aromatic heterocycles. The lowest BCUT2D eigenvalue weighted by molar-refractivity contribution is -0.149. The first-order valence-electron chi connectivity index (χ1n) is 7.32. The smallest absolute Gasteiger partial charge is 0.309 e. The van der Waals surface area contributed by atoms with Gasteiger partial charge in [-0.05, 0) is 18.4 Å². The molecule has 1 amide bonds. The molecule has 2 atom stereocenters. The summed E-state index contributed by atoms with van der Waals surface area (Å²) in [5, 5.41) is 2.94. The van der Waals surface area contributed by atoms with Gasteiger partial charge in [-0.25, -0.2) is 0 Å². The van der Waals surface area contributed by atoms with Gasteiger partial charge < -0.3 is 10.1 Å². The van der Waals surface area contributed by atoms with Crippen LogP contribution in [0.1, 0.15) is 37.8 Å². The maximum absolute atomic E-state index is 11.9. The quantitative estimate of drug-likeness (QED) is 0.638. The standard InChI is InChI=1S/C17H21NO3/c1-13-8-4-2-7-11-16(19)18-15(12-21-17(13)20)14-9-5-3-6-10-14/h2-6,9-10,13,15H,7-8,11-12H2,1H3,(H,18,19)/b4-2-/t13-,15-/m1/s1. The van der Waals surface area contributed by atoms with Crippen molar-refractivity contribution in [2.24, 2.45) is 5.92 Å². The summed E-state index contributed by atoms with van der Waals surface area (Å²) in [5.74, 6) is -0.415. The van der Waals surface area contributed by atoms with Crippen LogP contribution >= 0.6 is 0 Å². The maximum atomic E-state index is 11.9. The molecule has 2 rings (SSSR count). The van der Waals surface area contributed by atoms with Gasteiger partial charge in [0.2, 0.25) is 5.91 Å². The molecule has 1 aliphatic heterocycles. The summed E-state index contributed by atoms with van der Waals surface area (Å²) >= 11 is 0. The van der Waals surface area contributed by atoms with Crippen LogP contribution in [0.4, 0.5) is 0 Å². The molecule has 1 aromatic carbocycles. The molecule has 1 aliphatic rings.